The van der Waals surface area contributed by atoms with Gasteiger partial charge in [-0.15, -0.1) is 5.10 Å². The van der Waals surface area contributed by atoms with Gasteiger partial charge >= 0.3 is 0 Å². The molecule has 0 aromatic carbocycles. The maximum Gasteiger partial charge on any atom is 0.204 e. The van der Waals surface area contributed by atoms with Crippen LogP contribution in [-0.2, 0) is 7.05 Å². The van der Waals surface area contributed by atoms with Crippen LogP contribution in [0.25, 0.3) is 11.2 Å². The fraction of sp³-hybridized carbons (Fsp3) is 0.444. The first-order chi connectivity index (χ1) is 7.33. The Morgan fingerprint density at radius 3 is 3.13 bits per heavy atom. The van der Waals surface area contributed by atoms with Crippen LogP contribution in [0.1, 0.15) is 6.42 Å². The number of hydrogen-bond acceptors (Lipinski definition) is 5. The van der Waals surface area contributed by atoms with Gasteiger partial charge in [0.1, 0.15) is 5.52 Å². The van der Waals surface area contributed by atoms with Crippen LogP contribution in [0, 0.1) is 0 Å². The number of anilines is 1. The highest BCUT2D eigenvalue weighted by molar-refractivity contribution is 5.73. The van der Waals surface area contributed by atoms with E-state index in [0.29, 0.717) is 6.54 Å². The molecule has 0 bridgehead atoms. The normalized spacial score (nSPS) is 10.8. The van der Waals surface area contributed by atoms with E-state index < -0.39 is 0 Å². The molecule has 2 heterocycles. The molecule has 6 heteroatoms. The van der Waals surface area contributed by atoms with E-state index in [1.54, 1.807) is 6.20 Å². The van der Waals surface area contributed by atoms with Gasteiger partial charge in [-0.3, -0.25) is 4.57 Å². The van der Waals surface area contributed by atoms with E-state index in [0.717, 1.165) is 30.1 Å². The first-order valence-electron chi connectivity index (χ1n) is 4.91. The minimum atomic E-state index is 0.677. The molecule has 0 unspecified atom stereocenters. The summed E-state index contributed by atoms with van der Waals surface area (Å²) >= 11 is 0. The number of hydrogen-bond donors (Lipinski definition) is 2. The molecule has 80 valence electrons. The van der Waals surface area contributed by atoms with Gasteiger partial charge in [0.15, 0.2) is 5.65 Å². The Morgan fingerprint density at radius 2 is 2.40 bits per heavy atom. The van der Waals surface area contributed by atoms with Crippen molar-refractivity contribution in [3.8, 4) is 0 Å². The molecule has 2 aromatic heterocycles. The average molecular weight is 206 g/mol. The predicted octanol–water partition coefficient (Wildman–Crippen LogP) is 0.124. The molecule has 2 rings (SSSR count). The van der Waals surface area contributed by atoms with Crippen molar-refractivity contribution >= 4 is 17.1 Å². The molecule has 0 saturated carbocycles. The van der Waals surface area contributed by atoms with Gasteiger partial charge in [-0.25, -0.2) is 4.98 Å². The molecule has 6 nitrogen and oxygen atoms in total. The first-order valence-corrected chi connectivity index (χ1v) is 4.91. The SMILES string of the molecule is Cn1c(NCCCN)nc2ccnnc21. The average Bonchev–Trinajstić information content (AvgIpc) is 2.57. The number of rotatable bonds is 4. The summed E-state index contributed by atoms with van der Waals surface area (Å²) in [4.78, 5) is 4.39. The van der Waals surface area contributed by atoms with Crippen molar-refractivity contribution in [1.29, 1.82) is 0 Å². The van der Waals surface area contributed by atoms with E-state index in [2.05, 4.69) is 20.5 Å². The van der Waals surface area contributed by atoms with Crippen molar-refractivity contribution in [2.24, 2.45) is 12.8 Å². The summed E-state index contributed by atoms with van der Waals surface area (Å²) < 4.78 is 1.89. The van der Waals surface area contributed by atoms with Gasteiger partial charge < -0.3 is 11.1 Å². The Bertz CT molecular complexity index is 449. The number of nitrogens with zero attached hydrogens (tertiary/aromatic N) is 4. The Labute approximate surface area is 87.5 Å². The maximum absolute atomic E-state index is 5.42. The lowest BCUT2D eigenvalue weighted by atomic mass is 10.4. The van der Waals surface area contributed by atoms with Gasteiger partial charge in [0.2, 0.25) is 5.95 Å². The highest BCUT2D eigenvalue weighted by Gasteiger charge is 2.07. The standard InChI is InChI=1S/C9H14N6/c1-15-8-7(3-6-12-14-8)13-9(15)11-5-2-4-10/h3,6H,2,4-5,10H2,1H3,(H,11,13). The Balaban J connectivity index is 2.24. The molecule has 0 aliphatic rings. The molecule has 0 amide bonds. The quantitative estimate of drug-likeness (QED) is 0.694. The fourth-order valence-corrected chi connectivity index (χ4v) is 1.39. The molecule has 15 heavy (non-hydrogen) atoms. The van der Waals surface area contributed by atoms with Crippen molar-refractivity contribution in [2.75, 3.05) is 18.4 Å². The second-order valence-electron chi connectivity index (χ2n) is 3.30. The summed E-state index contributed by atoms with van der Waals surface area (Å²) in [6, 6.07) is 1.84. The molecular weight excluding hydrogens is 192 g/mol. The monoisotopic (exact) mass is 206 g/mol. The van der Waals surface area contributed by atoms with Gasteiger partial charge in [-0.1, -0.05) is 0 Å². The number of nitrogens with two attached hydrogens (primary N) is 1. The van der Waals surface area contributed by atoms with Gasteiger partial charge in [0, 0.05) is 13.6 Å². The Kier molecular flexibility index (Phi) is 2.77. The number of aryl methyl sites for hydroxylation is 1. The highest BCUT2D eigenvalue weighted by atomic mass is 15.3. The zero-order valence-electron chi connectivity index (χ0n) is 8.64. The molecule has 0 atom stereocenters. The first kappa shape index (κ1) is 9.85. The highest BCUT2D eigenvalue weighted by Crippen LogP contribution is 2.13. The van der Waals surface area contributed by atoms with E-state index >= 15 is 0 Å². The Morgan fingerprint density at radius 1 is 1.53 bits per heavy atom. The molecule has 3 N–H and O–H groups in total. The van der Waals surface area contributed by atoms with Gasteiger partial charge in [-0.2, -0.15) is 5.10 Å². The zero-order chi connectivity index (χ0) is 10.7. The van der Waals surface area contributed by atoms with Crippen molar-refractivity contribution in [3.63, 3.8) is 0 Å². The minimum absolute atomic E-state index is 0.677. The van der Waals surface area contributed by atoms with Crippen LogP contribution in [0.15, 0.2) is 12.3 Å². The summed E-state index contributed by atoms with van der Waals surface area (Å²) in [5.74, 6) is 0.805. The molecule has 0 radical (unpaired) electrons. The van der Waals surface area contributed by atoms with Crippen molar-refractivity contribution < 1.29 is 0 Å². The van der Waals surface area contributed by atoms with E-state index in [1.807, 2.05) is 17.7 Å². The number of imidazole rings is 1. The van der Waals surface area contributed by atoms with Gasteiger partial charge in [0.05, 0.1) is 6.20 Å². The topological polar surface area (TPSA) is 81.7 Å². The van der Waals surface area contributed by atoms with E-state index in [9.17, 15) is 0 Å². The van der Waals surface area contributed by atoms with Crippen molar-refractivity contribution in [1.82, 2.24) is 19.7 Å². The fourth-order valence-electron chi connectivity index (χ4n) is 1.39. The van der Waals surface area contributed by atoms with Crippen LogP contribution in [0.2, 0.25) is 0 Å². The van der Waals surface area contributed by atoms with E-state index in [-0.39, 0.29) is 0 Å². The molecule has 0 aliphatic heterocycles. The second kappa shape index (κ2) is 4.22. The van der Waals surface area contributed by atoms with E-state index in [1.165, 1.54) is 0 Å². The summed E-state index contributed by atoms with van der Waals surface area (Å²) in [6.07, 6.45) is 2.56. The lowest BCUT2D eigenvalue weighted by molar-refractivity contribution is 0.841. The summed E-state index contributed by atoms with van der Waals surface area (Å²) in [7, 11) is 1.91. The van der Waals surface area contributed by atoms with Crippen LogP contribution in [-0.4, -0.2) is 32.8 Å². The summed E-state index contributed by atoms with van der Waals surface area (Å²) in [5.41, 5.74) is 7.05. The maximum atomic E-state index is 5.42. The summed E-state index contributed by atoms with van der Waals surface area (Å²) in [6.45, 7) is 1.50. The lowest BCUT2D eigenvalue weighted by Gasteiger charge is -2.03. The van der Waals surface area contributed by atoms with Gasteiger partial charge in [0.25, 0.3) is 0 Å². The van der Waals surface area contributed by atoms with Crippen molar-refractivity contribution in [2.45, 2.75) is 6.42 Å². The lowest BCUT2D eigenvalue weighted by Crippen LogP contribution is -2.11. The zero-order valence-corrected chi connectivity index (χ0v) is 8.64. The van der Waals surface area contributed by atoms with E-state index in [4.69, 9.17) is 5.73 Å². The minimum Gasteiger partial charge on any atom is -0.356 e. The number of aromatic nitrogens is 4. The van der Waals surface area contributed by atoms with Crippen LogP contribution >= 0.6 is 0 Å². The van der Waals surface area contributed by atoms with Gasteiger partial charge in [-0.05, 0) is 19.0 Å². The molecule has 0 fully saturated rings. The number of fused-ring (bicyclic) bond motifs is 1. The summed E-state index contributed by atoms with van der Waals surface area (Å²) in [5, 5.41) is 11.0. The third kappa shape index (κ3) is 1.89. The molecule has 2 aromatic rings. The molecule has 0 spiro atoms. The second-order valence-corrected chi connectivity index (χ2v) is 3.30. The molecule has 0 aliphatic carbocycles. The largest absolute Gasteiger partial charge is 0.356 e. The van der Waals surface area contributed by atoms with Crippen molar-refractivity contribution in [3.05, 3.63) is 12.3 Å². The third-order valence-corrected chi connectivity index (χ3v) is 2.21. The van der Waals surface area contributed by atoms with Crippen LogP contribution in [0.4, 0.5) is 5.95 Å². The van der Waals surface area contributed by atoms with Crippen LogP contribution in [0.3, 0.4) is 0 Å². The van der Waals surface area contributed by atoms with Crippen LogP contribution in [0.5, 0.6) is 0 Å². The Hall–Kier alpha value is -1.69. The molecule has 0 saturated heterocycles. The molecular formula is C9H14N6. The number of nitrogens with one attached hydrogen (secondary N) is 1. The smallest absolute Gasteiger partial charge is 0.204 e. The third-order valence-electron chi connectivity index (χ3n) is 2.21. The van der Waals surface area contributed by atoms with Crippen LogP contribution < -0.4 is 11.1 Å². The predicted molar refractivity (Wildman–Crippen MR) is 58.5 cm³/mol.